The van der Waals surface area contributed by atoms with Gasteiger partial charge in [0.05, 0.1) is 5.54 Å². The Morgan fingerprint density at radius 2 is 2.30 bits per heavy atom. The minimum Gasteiger partial charge on any atom is -0.480 e. The van der Waals surface area contributed by atoms with Crippen LogP contribution in [0.25, 0.3) is 0 Å². The van der Waals surface area contributed by atoms with Gasteiger partial charge in [0, 0.05) is 18.0 Å². The molecule has 2 unspecified atom stereocenters. The molecule has 0 aliphatic carbocycles. The maximum Gasteiger partial charge on any atom is 0.261 e. The number of benzene rings is 1. The Kier molecular flexibility index (Phi) is 4.25. The summed E-state index contributed by atoms with van der Waals surface area (Å²) in [4.78, 5) is 12.4. The van der Waals surface area contributed by atoms with Crippen molar-refractivity contribution in [1.29, 1.82) is 0 Å². The van der Waals surface area contributed by atoms with Crippen molar-refractivity contribution in [1.82, 2.24) is 5.32 Å². The third kappa shape index (κ3) is 2.91. The summed E-state index contributed by atoms with van der Waals surface area (Å²) in [6.07, 6.45) is 0.0357. The van der Waals surface area contributed by atoms with E-state index in [9.17, 15) is 4.79 Å². The first kappa shape index (κ1) is 15.1. The van der Waals surface area contributed by atoms with Crippen LogP contribution in [0.1, 0.15) is 26.3 Å². The van der Waals surface area contributed by atoms with E-state index in [4.69, 9.17) is 22.1 Å². The highest BCUT2D eigenvalue weighted by atomic mass is 35.5. The first-order valence-corrected chi connectivity index (χ1v) is 7.20. The van der Waals surface area contributed by atoms with Crippen LogP contribution in [0.4, 0.5) is 0 Å². The largest absolute Gasteiger partial charge is 0.480 e. The zero-order valence-corrected chi connectivity index (χ0v) is 12.8. The highest BCUT2D eigenvalue weighted by Gasteiger charge is 2.35. The summed E-state index contributed by atoms with van der Waals surface area (Å²) in [5.74, 6) is 0.849. The van der Waals surface area contributed by atoms with Gasteiger partial charge in [-0.25, -0.2) is 0 Å². The standard InChI is InChI=1S/C15H21ClN2O2/c1-9(2)15(3,8-17)18-14(19)13-7-10-6-11(16)4-5-12(10)20-13/h4-6,9,13H,7-8,17H2,1-3H3,(H,18,19). The molecule has 3 N–H and O–H groups in total. The van der Waals surface area contributed by atoms with Crippen LogP contribution in [0.5, 0.6) is 5.75 Å². The predicted octanol–water partition coefficient (Wildman–Crippen LogP) is 2.13. The van der Waals surface area contributed by atoms with E-state index in [-0.39, 0.29) is 11.8 Å². The molecule has 1 aromatic rings. The number of fused-ring (bicyclic) bond motifs is 1. The smallest absolute Gasteiger partial charge is 0.261 e. The number of hydrogen-bond acceptors (Lipinski definition) is 3. The van der Waals surface area contributed by atoms with Gasteiger partial charge in [0.15, 0.2) is 6.10 Å². The molecule has 20 heavy (non-hydrogen) atoms. The van der Waals surface area contributed by atoms with Crippen LogP contribution < -0.4 is 15.8 Å². The predicted molar refractivity (Wildman–Crippen MR) is 80.0 cm³/mol. The number of hydrogen-bond donors (Lipinski definition) is 2. The van der Waals surface area contributed by atoms with Gasteiger partial charge in [-0.1, -0.05) is 25.4 Å². The molecule has 2 rings (SSSR count). The van der Waals surface area contributed by atoms with Gasteiger partial charge in [0.1, 0.15) is 5.75 Å². The Labute approximate surface area is 124 Å². The van der Waals surface area contributed by atoms with E-state index in [2.05, 4.69) is 5.32 Å². The van der Waals surface area contributed by atoms with Gasteiger partial charge >= 0.3 is 0 Å². The molecule has 0 bridgehead atoms. The van der Waals surface area contributed by atoms with Gasteiger partial charge < -0.3 is 15.8 Å². The number of amides is 1. The summed E-state index contributed by atoms with van der Waals surface area (Å²) in [5.41, 5.74) is 6.33. The van der Waals surface area contributed by atoms with Crippen molar-refractivity contribution in [2.45, 2.75) is 38.8 Å². The number of nitrogens with two attached hydrogens (primary N) is 1. The molecule has 2 atom stereocenters. The Morgan fingerprint density at radius 1 is 1.60 bits per heavy atom. The molecule has 0 fully saturated rings. The Morgan fingerprint density at radius 3 is 2.90 bits per heavy atom. The fraction of sp³-hybridized carbons (Fsp3) is 0.533. The first-order chi connectivity index (χ1) is 9.35. The number of ether oxygens (including phenoxy) is 1. The molecule has 1 aliphatic rings. The lowest BCUT2D eigenvalue weighted by Crippen LogP contribution is -2.57. The van der Waals surface area contributed by atoms with E-state index in [1.54, 1.807) is 12.1 Å². The van der Waals surface area contributed by atoms with Crippen molar-refractivity contribution in [3.8, 4) is 5.75 Å². The van der Waals surface area contributed by atoms with E-state index in [0.717, 1.165) is 11.3 Å². The molecule has 0 saturated heterocycles. The number of halogens is 1. The third-order valence-corrected chi connectivity index (χ3v) is 4.33. The van der Waals surface area contributed by atoms with E-state index in [0.29, 0.717) is 18.0 Å². The normalized spacial score (nSPS) is 20.2. The van der Waals surface area contributed by atoms with Gasteiger partial charge in [0.2, 0.25) is 0 Å². The second kappa shape index (κ2) is 5.62. The van der Waals surface area contributed by atoms with Crippen LogP contribution in [0.2, 0.25) is 5.02 Å². The van der Waals surface area contributed by atoms with Gasteiger partial charge in [-0.15, -0.1) is 0 Å². The molecule has 1 amide bonds. The molecule has 1 aliphatic heterocycles. The molecular weight excluding hydrogens is 276 g/mol. The lowest BCUT2D eigenvalue weighted by Gasteiger charge is -2.34. The highest BCUT2D eigenvalue weighted by molar-refractivity contribution is 6.30. The lowest BCUT2D eigenvalue weighted by molar-refractivity contribution is -0.129. The van der Waals surface area contributed by atoms with Crippen molar-refractivity contribution in [2.75, 3.05) is 6.54 Å². The van der Waals surface area contributed by atoms with Crippen molar-refractivity contribution in [3.05, 3.63) is 28.8 Å². The molecule has 4 nitrogen and oxygen atoms in total. The van der Waals surface area contributed by atoms with Gasteiger partial charge in [-0.05, 0) is 36.6 Å². The minimum atomic E-state index is -0.506. The average Bonchev–Trinajstić information content (AvgIpc) is 2.81. The first-order valence-electron chi connectivity index (χ1n) is 6.83. The van der Waals surface area contributed by atoms with Crippen molar-refractivity contribution < 1.29 is 9.53 Å². The quantitative estimate of drug-likeness (QED) is 0.894. The van der Waals surface area contributed by atoms with Crippen LogP contribution in [0, 0.1) is 5.92 Å². The fourth-order valence-electron chi connectivity index (χ4n) is 2.16. The Balaban J connectivity index is 2.06. The maximum absolute atomic E-state index is 12.4. The summed E-state index contributed by atoms with van der Waals surface area (Å²) in [7, 11) is 0. The molecule has 0 spiro atoms. The Hall–Kier alpha value is -1.26. The molecule has 1 aromatic carbocycles. The van der Waals surface area contributed by atoms with Gasteiger partial charge in [-0.2, -0.15) is 0 Å². The summed E-state index contributed by atoms with van der Waals surface area (Å²) < 4.78 is 5.68. The zero-order valence-electron chi connectivity index (χ0n) is 12.1. The lowest BCUT2D eigenvalue weighted by atomic mass is 9.88. The van der Waals surface area contributed by atoms with Gasteiger partial charge in [-0.3, -0.25) is 4.79 Å². The summed E-state index contributed by atoms with van der Waals surface area (Å²) in [5, 5.41) is 3.67. The molecule has 5 heteroatoms. The summed E-state index contributed by atoms with van der Waals surface area (Å²) >= 11 is 5.95. The topological polar surface area (TPSA) is 64.3 Å². The Bertz CT molecular complexity index is 519. The van der Waals surface area contributed by atoms with Crippen molar-refractivity contribution in [2.24, 2.45) is 11.7 Å². The minimum absolute atomic E-state index is 0.126. The van der Waals surface area contributed by atoms with E-state index in [1.165, 1.54) is 0 Å². The van der Waals surface area contributed by atoms with Crippen LogP contribution in [-0.4, -0.2) is 24.1 Å². The van der Waals surface area contributed by atoms with E-state index in [1.807, 2.05) is 26.8 Å². The summed E-state index contributed by atoms with van der Waals surface area (Å²) in [6.45, 7) is 6.42. The third-order valence-electron chi connectivity index (χ3n) is 4.10. The van der Waals surface area contributed by atoms with Crippen LogP contribution in [0.3, 0.4) is 0 Å². The average molecular weight is 297 g/mol. The van der Waals surface area contributed by atoms with Crippen LogP contribution >= 0.6 is 11.6 Å². The number of carbonyl (C=O) groups excluding carboxylic acids is 1. The summed E-state index contributed by atoms with van der Waals surface area (Å²) in [6, 6.07) is 5.41. The number of rotatable bonds is 4. The molecular formula is C15H21ClN2O2. The second-order valence-electron chi connectivity index (χ2n) is 5.83. The zero-order chi connectivity index (χ0) is 14.9. The maximum atomic E-state index is 12.4. The SMILES string of the molecule is CC(C)C(C)(CN)NC(=O)C1Cc2cc(Cl)ccc2O1. The molecule has 1 heterocycles. The monoisotopic (exact) mass is 296 g/mol. The number of carbonyl (C=O) groups is 1. The number of nitrogens with one attached hydrogen (secondary N) is 1. The molecule has 0 aromatic heterocycles. The van der Waals surface area contributed by atoms with Gasteiger partial charge in [0.25, 0.3) is 5.91 Å². The second-order valence-corrected chi connectivity index (χ2v) is 6.26. The van der Waals surface area contributed by atoms with Crippen molar-refractivity contribution in [3.63, 3.8) is 0 Å². The molecule has 110 valence electrons. The fourth-order valence-corrected chi connectivity index (χ4v) is 2.35. The van der Waals surface area contributed by atoms with E-state index >= 15 is 0 Å². The van der Waals surface area contributed by atoms with E-state index < -0.39 is 11.6 Å². The van der Waals surface area contributed by atoms with Crippen LogP contribution in [0.15, 0.2) is 18.2 Å². The van der Waals surface area contributed by atoms with Crippen LogP contribution in [-0.2, 0) is 11.2 Å². The van der Waals surface area contributed by atoms with Crippen molar-refractivity contribution >= 4 is 17.5 Å². The molecule has 0 radical (unpaired) electrons. The molecule has 0 saturated carbocycles. The highest BCUT2D eigenvalue weighted by Crippen LogP contribution is 2.31.